The van der Waals surface area contributed by atoms with Gasteiger partial charge in [-0.15, -0.1) is 0 Å². The van der Waals surface area contributed by atoms with Gasteiger partial charge in [0.25, 0.3) is 0 Å². The molecule has 2 aliphatic rings. The van der Waals surface area contributed by atoms with E-state index in [1.807, 2.05) is 11.4 Å². The summed E-state index contributed by atoms with van der Waals surface area (Å²) < 4.78 is 7.43. The first kappa shape index (κ1) is 15.2. The van der Waals surface area contributed by atoms with Gasteiger partial charge < -0.3 is 15.0 Å². The Morgan fingerprint density at radius 1 is 1.30 bits per heavy atom. The summed E-state index contributed by atoms with van der Waals surface area (Å²) in [6.07, 6.45) is 3.62. The molecule has 1 N–H and O–H groups in total. The largest absolute Gasteiger partial charge is 0.378 e. The number of nitrogens with one attached hydrogen (secondary N) is 1. The van der Waals surface area contributed by atoms with E-state index in [0.29, 0.717) is 11.2 Å². The number of hydrogen-bond donors (Lipinski definition) is 1. The lowest BCUT2D eigenvalue weighted by molar-refractivity contribution is 0.122. The van der Waals surface area contributed by atoms with Crippen molar-refractivity contribution in [2.45, 2.75) is 32.2 Å². The van der Waals surface area contributed by atoms with Gasteiger partial charge in [0, 0.05) is 24.7 Å². The van der Waals surface area contributed by atoms with E-state index >= 15 is 0 Å². The Kier molecular flexibility index (Phi) is 4.13. The molecule has 0 amide bonds. The van der Waals surface area contributed by atoms with Crippen LogP contribution in [-0.4, -0.2) is 47.4 Å². The van der Waals surface area contributed by atoms with Crippen LogP contribution in [0.3, 0.4) is 0 Å². The minimum absolute atomic E-state index is 0.321. The second-order valence-corrected chi connectivity index (χ2v) is 6.65. The highest BCUT2D eigenvalue weighted by molar-refractivity contribution is 6.30. The van der Waals surface area contributed by atoms with Crippen molar-refractivity contribution < 1.29 is 4.74 Å². The molecule has 1 atom stereocenters. The van der Waals surface area contributed by atoms with Crippen LogP contribution in [0, 0.1) is 6.92 Å². The fourth-order valence-corrected chi connectivity index (χ4v) is 3.65. The maximum atomic E-state index is 6.38. The highest BCUT2D eigenvalue weighted by atomic mass is 35.5. The van der Waals surface area contributed by atoms with Crippen molar-refractivity contribution in [3.05, 3.63) is 22.5 Å². The number of anilines is 1. The predicted molar refractivity (Wildman–Crippen MR) is 90.4 cm³/mol. The summed E-state index contributed by atoms with van der Waals surface area (Å²) in [6.45, 7) is 6.25. The number of hydrogen-bond acceptors (Lipinski definition) is 5. The van der Waals surface area contributed by atoms with Gasteiger partial charge in [-0.3, -0.25) is 0 Å². The van der Waals surface area contributed by atoms with E-state index in [1.165, 1.54) is 12.8 Å². The molecule has 6 nitrogen and oxygen atoms in total. The van der Waals surface area contributed by atoms with E-state index in [2.05, 4.69) is 21.3 Å². The first-order valence-electron chi connectivity index (χ1n) is 8.36. The average molecular weight is 336 g/mol. The van der Waals surface area contributed by atoms with Crippen LogP contribution in [-0.2, 0) is 4.74 Å². The minimum Gasteiger partial charge on any atom is -0.378 e. The molecule has 7 heteroatoms. The van der Waals surface area contributed by atoms with E-state index in [4.69, 9.17) is 21.4 Å². The number of ether oxygens (including phenoxy) is 1. The molecule has 23 heavy (non-hydrogen) atoms. The van der Waals surface area contributed by atoms with Crippen molar-refractivity contribution in [2.24, 2.45) is 0 Å². The average Bonchev–Trinajstić information content (AvgIpc) is 3.01. The normalized spacial score (nSPS) is 22.7. The summed E-state index contributed by atoms with van der Waals surface area (Å²) in [4.78, 5) is 6.82. The molecule has 0 saturated carbocycles. The number of morpholine rings is 1. The molecule has 2 fully saturated rings. The standard InChI is InChI=1S/C16H22ClN5O/c1-11-15(17)19-14-10-13(12-4-2-3-5-18-12)20-22(14)16(11)21-6-8-23-9-7-21/h10,12,18H,2-9H2,1H3. The molecule has 0 radical (unpaired) electrons. The van der Waals surface area contributed by atoms with Crippen LogP contribution in [0.5, 0.6) is 0 Å². The van der Waals surface area contributed by atoms with Crippen molar-refractivity contribution in [1.82, 2.24) is 19.9 Å². The van der Waals surface area contributed by atoms with Crippen LogP contribution in [0.25, 0.3) is 5.65 Å². The number of piperidine rings is 1. The van der Waals surface area contributed by atoms with Gasteiger partial charge in [-0.05, 0) is 26.3 Å². The molecule has 2 aromatic heterocycles. The lowest BCUT2D eigenvalue weighted by Gasteiger charge is -2.30. The zero-order valence-corrected chi connectivity index (χ0v) is 14.1. The van der Waals surface area contributed by atoms with E-state index < -0.39 is 0 Å². The third-order valence-corrected chi connectivity index (χ3v) is 5.11. The van der Waals surface area contributed by atoms with Gasteiger partial charge in [0.2, 0.25) is 0 Å². The first-order chi connectivity index (χ1) is 11.2. The number of aromatic nitrogens is 3. The van der Waals surface area contributed by atoms with Crippen LogP contribution < -0.4 is 10.2 Å². The molecule has 0 aliphatic carbocycles. The van der Waals surface area contributed by atoms with Crippen molar-refractivity contribution >= 4 is 23.1 Å². The van der Waals surface area contributed by atoms with Gasteiger partial charge in [0.15, 0.2) is 5.65 Å². The van der Waals surface area contributed by atoms with Crippen LogP contribution in [0.1, 0.15) is 36.6 Å². The number of halogens is 1. The molecule has 4 rings (SSSR count). The molecule has 2 saturated heterocycles. The maximum Gasteiger partial charge on any atom is 0.159 e. The van der Waals surface area contributed by atoms with Crippen LogP contribution in [0.2, 0.25) is 5.15 Å². The molecule has 0 spiro atoms. The summed E-state index contributed by atoms with van der Waals surface area (Å²) in [5.41, 5.74) is 2.87. The number of rotatable bonds is 2. The smallest absolute Gasteiger partial charge is 0.159 e. The molecule has 2 aromatic rings. The molecule has 124 valence electrons. The Morgan fingerprint density at radius 2 is 2.13 bits per heavy atom. The molecule has 0 aromatic carbocycles. The van der Waals surface area contributed by atoms with E-state index in [0.717, 1.165) is 62.0 Å². The topological polar surface area (TPSA) is 54.7 Å². The highest BCUT2D eigenvalue weighted by Crippen LogP contribution is 2.30. The Labute approximate surface area is 140 Å². The second kappa shape index (κ2) is 6.26. The third-order valence-electron chi connectivity index (χ3n) is 4.75. The van der Waals surface area contributed by atoms with Crippen molar-refractivity contribution in [2.75, 3.05) is 37.7 Å². The maximum absolute atomic E-state index is 6.38. The van der Waals surface area contributed by atoms with Gasteiger partial charge in [-0.25, -0.2) is 4.98 Å². The van der Waals surface area contributed by atoms with E-state index in [1.54, 1.807) is 0 Å². The van der Waals surface area contributed by atoms with Gasteiger partial charge >= 0.3 is 0 Å². The monoisotopic (exact) mass is 335 g/mol. The Morgan fingerprint density at radius 3 is 2.87 bits per heavy atom. The van der Waals surface area contributed by atoms with Crippen molar-refractivity contribution in [3.63, 3.8) is 0 Å². The van der Waals surface area contributed by atoms with Crippen LogP contribution >= 0.6 is 11.6 Å². The number of fused-ring (bicyclic) bond motifs is 1. The third kappa shape index (κ3) is 2.79. The molecule has 1 unspecified atom stereocenters. The molecule has 0 bridgehead atoms. The second-order valence-electron chi connectivity index (χ2n) is 6.29. The molecular formula is C16H22ClN5O. The first-order valence-corrected chi connectivity index (χ1v) is 8.73. The fourth-order valence-electron chi connectivity index (χ4n) is 3.48. The van der Waals surface area contributed by atoms with E-state index in [9.17, 15) is 0 Å². The summed E-state index contributed by atoms with van der Waals surface area (Å²) in [6, 6.07) is 2.39. The zero-order chi connectivity index (χ0) is 15.8. The predicted octanol–water partition coefficient (Wildman–Crippen LogP) is 2.34. The highest BCUT2D eigenvalue weighted by Gasteiger charge is 2.23. The van der Waals surface area contributed by atoms with Crippen LogP contribution in [0.15, 0.2) is 6.07 Å². The Bertz CT molecular complexity index is 704. The van der Waals surface area contributed by atoms with Gasteiger partial charge in [-0.1, -0.05) is 18.0 Å². The summed E-state index contributed by atoms with van der Waals surface area (Å²) in [5, 5.41) is 8.98. The van der Waals surface area contributed by atoms with E-state index in [-0.39, 0.29) is 0 Å². The summed E-state index contributed by atoms with van der Waals surface area (Å²) in [5.74, 6) is 1.05. The van der Waals surface area contributed by atoms with Gasteiger partial charge in [0.1, 0.15) is 11.0 Å². The van der Waals surface area contributed by atoms with Crippen LogP contribution in [0.4, 0.5) is 5.82 Å². The van der Waals surface area contributed by atoms with Gasteiger partial charge in [0.05, 0.1) is 24.9 Å². The molecular weight excluding hydrogens is 314 g/mol. The molecule has 4 heterocycles. The summed E-state index contributed by atoms with van der Waals surface area (Å²) >= 11 is 6.38. The van der Waals surface area contributed by atoms with Crippen molar-refractivity contribution in [1.29, 1.82) is 0 Å². The van der Waals surface area contributed by atoms with Crippen molar-refractivity contribution in [3.8, 4) is 0 Å². The van der Waals surface area contributed by atoms with Gasteiger partial charge in [-0.2, -0.15) is 9.61 Å². The minimum atomic E-state index is 0.321. The molecule has 2 aliphatic heterocycles. The lowest BCUT2D eigenvalue weighted by atomic mass is 10.0. The summed E-state index contributed by atoms with van der Waals surface area (Å²) in [7, 11) is 0. The number of nitrogens with zero attached hydrogens (tertiary/aromatic N) is 4. The Hall–Kier alpha value is -1.37. The Balaban J connectivity index is 1.79. The zero-order valence-electron chi connectivity index (χ0n) is 13.4. The SMILES string of the molecule is Cc1c(Cl)nc2cc(C3CCCCN3)nn2c1N1CCOCC1. The lowest BCUT2D eigenvalue weighted by Crippen LogP contribution is -2.38. The fraction of sp³-hybridized carbons (Fsp3) is 0.625. The quantitative estimate of drug-likeness (QED) is 0.854.